The van der Waals surface area contributed by atoms with E-state index in [-0.39, 0.29) is 24.9 Å². The minimum absolute atomic E-state index is 0.156. The molecule has 0 aromatic heterocycles. The number of hydrogen-bond acceptors (Lipinski definition) is 4. The van der Waals surface area contributed by atoms with E-state index in [1.807, 2.05) is 30.3 Å². The highest BCUT2D eigenvalue weighted by atomic mass is 16.4. The second-order valence-electron chi connectivity index (χ2n) is 5.92. The van der Waals surface area contributed by atoms with Crippen molar-refractivity contribution in [1.82, 2.24) is 9.80 Å². The third kappa shape index (κ3) is 3.91. The predicted molar refractivity (Wildman–Crippen MR) is 87.9 cm³/mol. The predicted octanol–water partition coefficient (Wildman–Crippen LogP) is 0.438. The molecule has 2 atom stereocenters. The van der Waals surface area contributed by atoms with Crippen LogP contribution in [-0.2, 0) is 20.9 Å². The summed E-state index contributed by atoms with van der Waals surface area (Å²) < 4.78 is 0. The van der Waals surface area contributed by atoms with Crippen molar-refractivity contribution in [3.05, 3.63) is 35.9 Å². The maximum atomic E-state index is 13.0. The van der Waals surface area contributed by atoms with Gasteiger partial charge in [-0.25, -0.2) is 4.79 Å². The van der Waals surface area contributed by atoms with E-state index in [1.54, 1.807) is 0 Å². The molecule has 1 aromatic rings. The molecule has 7 nitrogen and oxygen atoms in total. The number of rotatable bonds is 6. The number of carboxylic acids is 1. The van der Waals surface area contributed by atoms with Crippen molar-refractivity contribution >= 4 is 17.8 Å². The van der Waals surface area contributed by atoms with E-state index in [9.17, 15) is 19.5 Å². The summed E-state index contributed by atoms with van der Waals surface area (Å²) in [6, 6.07) is 7.60. The zero-order valence-corrected chi connectivity index (χ0v) is 13.7. The lowest BCUT2D eigenvalue weighted by atomic mass is 10.1. The molecule has 2 amide bonds. The molecule has 0 saturated carbocycles. The van der Waals surface area contributed by atoms with E-state index >= 15 is 0 Å². The van der Waals surface area contributed by atoms with E-state index in [1.165, 1.54) is 16.7 Å². The third-order valence-electron chi connectivity index (χ3n) is 4.34. The fourth-order valence-corrected chi connectivity index (χ4v) is 2.95. The Kier molecular flexibility index (Phi) is 5.92. The number of carbonyl (C=O) groups excluding carboxylic acids is 2. The van der Waals surface area contributed by atoms with Crippen LogP contribution in [0.25, 0.3) is 0 Å². The summed E-state index contributed by atoms with van der Waals surface area (Å²) in [5.74, 6) is -1.70. The van der Waals surface area contributed by atoms with E-state index in [2.05, 4.69) is 0 Å². The number of aliphatic carboxylic acids is 1. The average Bonchev–Trinajstić information content (AvgIpc) is 3.08. The number of amides is 2. The van der Waals surface area contributed by atoms with Gasteiger partial charge in [0.25, 0.3) is 0 Å². The first-order valence-corrected chi connectivity index (χ1v) is 8.02. The molecular formula is C17H23N3O4. The molecule has 1 saturated heterocycles. The van der Waals surface area contributed by atoms with Gasteiger partial charge in [-0.15, -0.1) is 0 Å². The molecule has 1 fully saturated rings. The number of carbonyl (C=O) groups is 3. The lowest BCUT2D eigenvalue weighted by Crippen LogP contribution is -2.52. The van der Waals surface area contributed by atoms with Crippen LogP contribution in [0.2, 0.25) is 0 Å². The minimum Gasteiger partial charge on any atom is -0.480 e. The fraction of sp³-hybridized carbons (Fsp3) is 0.471. The van der Waals surface area contributed by atoms with Crippen LogP contribution in [0.4, 0.5) is 0 Å². The van der Waals surface area contributed by atoms with Crippen LogP contribution < -0.4 is 5.73 Å². The number of carboxylic acid groups (broad SMARTS) is 1. The van der Waals surface area contributed by atoms with E-state index in [4.69, 9.17) is 5.73 Å². The number of hydrogen-bond donors (Lipinski definition) is 2. The van der Waals surface area contributed by atoms with Crippen LogP contribution in [0.1, 0.15) is 25.3 Å². The molecule has 1 heterocycles. The molecule has 0 bridgehead atoms. The highest BCUT2D eigenvalue weighted by molar-refractivity contribution is 5.91. The Morgan fingerprint density at radius 2 is 2.00 bits per heavy atom. The number of nitrogens with two attached hydrogens (primary N) is 1. The number of benzene rings is 1. The van der Waals surface area contributed by atoms with Crippen molar-refractivity contribution in [1.29, 1.82) is 0 Å². The second-order valence-corrected chi connectivity index (χ2v) is 5.92. The maximum absolute atomic E-state index is 13.0. The van der Waals surface area contributed by atoms with E-state index in [0.29, 0.717) is 19.4 Å². The van der Waals surface area contributed by atoms with Gasteiger partial charge in [0.05, 0.1) is 6.54 Å². The standard InChI is InChI=1S/C17H23N3O4/c1-12(17(23)24)20(11-13-6-3-2-4-7-13)16(22)14-8-5-9-19(14)15(21)10-18/h2-4,6-7,12,14H,5,8-11,18H2,1H3,(H,23,24)/t12-,14-/m0/s1. The van der Waals surface area contributed by atoms with E-state index in [0.717, 1.165) is 5.56 Å². The van der Waals surface area contributed by atoms with Gasteiger partial charge in [-0.05, 0) is 25.3 Å². The molecule has 3 N–H and O–H groups in total. The normalized spacial score (nSPS) is 18.2. The maximum Gasteiger partial charge on any atom is 0.326 e. The molecule has 0 aliphatic carbocycles. The number of nitrogens with zero attached hydrogens (tertiary/aromatic N) is 2. The van der Waals surface area contributed by atoms with Gasteiger partial charge in [0.15, 0.2) is 0 Å². The summed E-state index contributed by atoms with van der Waals surface area (Å²) in [6.45, 7) is 1.99. The minimum atomic E-state index is -1.08. The molecular weight excluding hydrogens is 310 g/mol. The molecule has 2 rings (SSSR count). The van der Waals surface area contributed by atoms with Crippen LogP contribution >= 0.6 is 0 Å². The van der Waals surface area contributed by atoms with Crippen molar-refractivity contribution in [3.63, 3.8) is 0 Å². The highest BCUT2D eigenvalue weighted by Crippen LogP contribution is 2.22. The van der Waals surface area contributed by atoms with Gasteiger partial charge in [-0.2, -0.15) is 0 Å². The molecule has 0 unspecified atom stereocenters. The molecule has 7 heteroatoms. The van der Waals surface area contributed by atoms with Crippen LogP contribution in [0.5, 0.6) is 0 Å². The zero-order chi connectivity index (χ0) is 17.7. The SMILES string of the molecule is C[C@@H](C(=O)O)N(Cc1ccccc1)C(=O)[C@@H]1CCCN1C(=O)CN. The molecule has 1 aliphatic heterocycles. The molecule has 1 aromatic carbocycles. The highest BCUT2D eigenvalue weighted by Gasteiger charge is 2.38. The summed E-state index contributed by atoms with van der Waals surface area (Å²) >= 11 is 0. The monoisotopic (exact) mass is 333 g/mol. The van der Waals surface area contributed by atoms with Gasteiger partial charge in [0.1, 0.15) is 12.1 Å². The molecule has 0 radical (unpaired) electrons. The van der Waals surface area contributed by atoms with Crippen molar-refractivity contribution in [2.75, 3.05) is 13.1 Å². The first-order valence-electron chi connectivity index (χ1n) is 8.02. The Hall–Kier alpha value is -2.41. The average molecular weight is 333 g/mol. The smallest absolute Gasteiger partial charge is 0.326 e. The van der Waals surface area contributed by atoms with Crippen molar-refractivity contribution < 1.29 is 19.5 Å². The lowest BCUT2D eigenvalue weighted by molar-refractivity contribution is -0.153. The first-order chi connectivity index (χ1) is 11.5. The van der Waals surface area contributed by atoms with Crippen LogP contribution in [0, 0.1) is 0 Å². The van der Waals surface area contributed by atoms with E-state index < -0.39 is 18.1 Å². The summed E-state index contributed by atoms with van der Waals surface area (Å²) in [5.41, 5.74) is 6.25. The van der Waals surface area contributed by atoms with Crippen molar-refractivity contribution in [3.8, 4) is 0 Å². The van der Waals surface area contributed by atoms with Gasteiger partial charge in [-0.1, -0.05) is 30.3 Å². The molecule has 24 heavy (non-hydrogen) atoms. The Morgan fingerprint density at radius 1 is 1.33 bits per heavy atom. The summed E-state index contributed by atoms with van der Waals surface area (Å²) in [7, 11) is 0. The second kappa shape index (κ2) is 7.92. The topological polar surface area (TPSA) is 104 Å². The largest absolute Gasteiger partial charge is 0.480 e. The van der Waals surface area contributed by atoms with Gasteiger partial charge in [0.2, 0.25) is 11.8 Å². The van der Waals surface area contributed by atoms with Crippen molar-refractivity contribution in [2.45, 2.75) is 38.4 Å². The fourth-order valence-electron chi connectivity index (χ4n) is 2.95. The van der Waals surface area contributed by atoms with Crippen molar-refractivity contribution in [2.24, 2.45) is 5.73 Å². The molecule has 1 aliphatic rings. The van der Waals surface area contributed by atoms with Gasteiger partial charge < -0.3 is 20.6 Å². The van der Waals surface area contributed by atoms with Crippen LogP contribution in [0.3, 0.4) is 0 Å². The molecule has 130 valence electrons. The Morgan fingerprint density at radius 3 is 2.58 bits per heavy atom. The lowest BCUT2D eigenvalue weighted by Gasteiger charge is -2.32. The summed E-state index contributed by atoms with van der Waals surface area (Å²) in [5, 5.41) is 9.35. The summed E-state index contributed by atoms with van der Waals surface area (Å²) in [6.07, 6.45) is 1.24. The number of likely N-dealkylation sites (tertiary alicyclic amines) is 1. The Balaban J connectivity index is 2.24. The molecule has 0 spiro atoms. The van der Waals surface area contributed by atoms with Gasteiger partial charge in [-0.3, -0.25) is 9.59 Å². The zero-order valence-electron chi connectivity index (χ0n) is 13.7. The van der Waals surface area contributed by atoms with Gasteiger partial charge in [0, 0.05) is 13.1 Å². The van der Waals surface area contributed by atoms with Crippen LogP contribution in [0.15, 0.2) is 30.3 Å². The Labute approximate surface area is 141 Å². The van der Waals surface area contributed by atoms with Crippen LogP contribution in [-0.4, -0.2) is 57.9 Å². The summed E-state index contributed by atoms with van der Waals surface area (Å²) in [4.78, 5) is 39.1. The van der Waals surface area contributed by atoms with Gasteiger partial charge >= 0.3 is 5.97 Å². The quantitative estimate of drug-likeness (QED) is 0.786. The third-order valence-corrected chi connectivity index (χ3v) is 4.34. The Bertz CT molecular complexity index is 605. The first kappa shape index (κ1) is 17.9.